The smallest absolute Gasteiger partial charge is 0.323 e. The van der Waals surface area contributed by atoms with Gasteiger partial charge in [-0.3, -0.25) is 0 Å². The molecule has 0 unspecified atom stereocenters. The molecule has 0 bridgehead atoms. The summed E-state index contributed by atoms with van der Waals surface area (Å²) in [5, 5.41) is -0.783. The first-order valence-electron chi connectivity index (χ1n) is 11.1. The predicted octanol–water partition coefficient (Wildman–Crippen LogP) is 5.97. The lowest BCUT2D eigenvalue weighted by Crippen LogP contribution is -2.49. The molecule has 1 aliphatic rings. The van der Waals surface area contributed by atoms with Crippen molar-refractivity contribution in [2.75, 3.05) is 19.8 Å². The van der Waals surface area contributed by atoms with Crippen molar-refractivity contribution in [2.24, 2.45) is 0 Å². The van der Waals surface area contributed by atoms with Gasteiger partial charge in [-0.25, -0.2) is 17.6 Å². The van der Waals surface area contributed by atoms with Crippen LogP contribution in [-0.2, 0) is 28.7 Å². The van der Waals surface area contributed by atoms with Crippen LogP contribution in [0.4, 0.5) is 35.5 Å². The minimum atomic E-state index is -5.03. The first kappa shape index (κ1) is 28.7. The summed E-state index contributed by atoms with van der Waals surface area (Å²) in [7, 11) is -2.25. The first-order valence-corrected chi connectivity index (χ1v) is 13.1. The molecule has 1 fully saturated rings. The van der Waals surface area contributed by atoms with Gasteiger partial charge in [0.2, 0.25) is 0 Å². The standard InChI is InChI=1S/C24H25F7N2O3S/c1-14-8-18(25)4-5-20(14)21-12-19(37(3,35)36)6-7-33(21)22(34)32(2)13-15-9-16(23(26,27)28)11-17(10-15)24(29,30)31/h4-5,8-11,19,21H,6-7,12-13H2,1-3H3/t19-,21+/m0/s1. The molecule has 2 atom stereocenters. The monoisotopic (exact) mass is 554 g/mol. The zero-order valence-corrected chi connectivity index (χ0v) is 20.9. The van der Waals surface area contributed by atoms with Crippen molar-refractivity contribution in [3.05, 3.63) is 70.0 Å². The highest BCUT2D eigenvalue weighted by molar-refractivity contribution is 7.91. The molecule has 0 spiro atoms. The number of nitrogens with zero attached hydrogens (tertiary/aromatic N) is 2. The fourth-order valence-corrected chi connectivity index (χ4v) is 5.60. The summed E-state index contributed by atoms with van der Waals surface area (Å²) in [5.41, 5.74) is -2.40. The Balaban J connectivity index is 1.94. The molecule has 2 aromatic carbocycles. The van der Waals surface area contributed by atoms with Crippen molar-refractivity contribution < 1.29 is 43.9 Å². The molecule has 0 radical (unpaired) electrons. The predicted molar refractivity (Wildman–Crippen MR) is 122 cm³/mol. The third-order valence-electron chi connectivity index (χ3n) is 6.39. The minimum absolute atomic E-state index is 0.00661. The number of carbonyl (C=O) groups excluding carboxylic acids is 1. The normalized spacial score (nSPS) is 19.1. The number of rotatable bonds is 4. The van der Waals surface area contributed by atoms with Crippen LogP contribution in [0, 0.1) is 12.7 Å². The van der Waals surface area contributed by atoms with Gasteiger partial charge in [0, 0.05) is 26.4 Å². The van der Waals surface area contributed by atoms with E-state index < -0.39 is 63.0 Å². The molecular formula is C24H25F7N2O3S. The first-order chi connectivity index (χ1) is 16.9. The molecule has 2 aromatic rings. The van der Waals surface area contributed by atoms with Gasteiger partial charge in [0.1, 0.15) is 15.7 Å². The van der Waals surface area contributed by atoms with Gasteiger partial charge in [0.05, 0.1) is 22.4 Å². The van der Waals surface area contributed by atoms with E-state index in [2.05, 4.69) is 0 Å². The van der Waals surface area contributed by atoms with E-state index in [1.807, 2.05) is 0 Å². The van der Waals surface area contributed by atoms with Gasteiger partial charge in [-0.05, 0) is 66.8 Å². The van der Waals surface area contributed by atoms with Crippen molar-refractivity contribution in [1.82, 2.24) is 9.80 Å². The number of hydrogen-bond acceptors (Lipinski definition) is 3. The largest absolute Gasteiger partial charge is 0.416 e. The fourth-order valence-electron chi connectivity index (χ4n) is 4.53. The average Bonchev–Trinajstić information content (AvgIpc) is 2.76. The van der Waals surface area contributed by atoms with Crippen molar-refractivity contribution in [3.8, 4) is 0 Å². The number of urea groups is 1. The van der Waals surface area contributed by atoms with Gasteiger partial charge in [-0.2, -0.15) is 26.3 Å². The second-order valence-electron chi connectivity index (χ2n) is 9.24. The second kappa shape index (κ2) is 10.1. The van der Waals surface area contributed by atoms with Gasteiger partial charge in [0.25, 0.3) is 0 Å². The van der Waals surface area contributed by atoms with E-state index >= 15 is 0 Å². The Kier molecular flexibility index (Phi) is 7.88. The van der Waals surface area contributed by atoms with Gasteiger partial charge in [0.15, 0.2) is 0 Å². The Morgan fingerprint density at radius 1 is 1.03 bits per heavy atom. The van der Waals surface area contributed by atoms with Crippen LogP contribution in [-0.4, -0.2) is 49.3 Å². The number of halogens is 7. The number of sulfone groups is 1. The van der Waals surface area contributed by atoms with E-state index in [9.17, 15) is 43.9 Å². The van der Waals surface area contributed by atoms with Crippen LogP contribution in [0.15, 0.2) is 36.4 Å². The van der Waals surface area contributed by atoms with E-state index in [0.717, 1.165) is 11.2 Å². The van der Waals surface area contributed by atoms with Crippen LogP contribution in [0.5, 0.6) is 0 Å². The number of aryl methyl sites for hydroxylation is 1. The lowest BCUT2D eigenvalue weighted by atomic mass is 9.92. The summed E-state index contributed by atoms with van der Waals surface area (Å²) < 4.78 is 118. The number of carbonyl (C=O) groups is 1. The van der Waals surface area contributed by atoms with E-state index in [-0.39, 0.29) is 31.0 Å². The zero-order chi connectivity index (χ0) is 27.9. The Hall–Kier alpha value is -2.83. The molecule has 2 amide bonds. The molecule has 5 nitrogen and oxygen atoms in total. The number of likely N-dealkylation sites (tertiary alicyclic amines) is 1. The quantitative estimate of drug-likeness (QED) is 0.438. The van der Waals surface area contributed by atoms with Crippen molar-refractivity contribution >= 4 is 15.9 Å². The maximum Gasteiger partial charge on any atom is 0.416 e. The maximum absolute atomic E-state index is 13.7. The number of hydrogen-bond donors (Lipinski definition) is 0. The van der Waals surface area contributed by atoms with E-state index in [4.69, 9.17) is 0 Å². The van der Waals surface area contributed by atoms with Crippen molar-refractivity contribution in [3.63, 3.8) is 0 Å². The summed E-state index contributed by atoms with van der Waals surface area (Å²) in [6, 6.07) is 3.43. The van der Waals surface area contributed by atoms with Crippen molar-refractivity contribution in [1.29, 1.82) is 0 Å². The molecule has 1 aliphatic heterocycles. The molecule has 1 heterocycles. The molecule has 0 aliphatic carbocycles. The van der Waals surface area contributed by atoms with E-state index in [0.29, 0.717) is 23.3 Å². The second-order valence-corrected chi connectivity index (χ2v) is 11.6. The van der Waals surface area contributed by atoms with Gasteiger partial charge in [-0.15, -0.1) is 0 Å². The van der Waals surface area contributed by atoms with Crippen LogP contribution in [0.25, 0.3) is 0 Å². The molecule has 3 rings (SSSR count). The summed E-state index contributed by atoms with van der Waals surface area (Å²) in [5.74, 6) is -0.531. The molecule has 0 saturated carbocycles. The summed E-state index contributed by atoms with van der Waals surface area (Å²) in [6.45, 7) is 1.00. The maximum atomic E-state index is 13.7. The summed E-state index contributed by atoms with van der Waals surface area (Å²) in [4.78, 5) is 15.7. The lowest BCUT2D eigenvalue weighted by Gasteiger charge is -2.41. The Morgan fingerprint density at radius 3 is 2.08 bits per heavy atom. The van der Waals surface area contributed by atoms with Crippen LogP contribution in [0.3, 0.4) is 0 Å². The SMILES string of the molecule is Cc1cc(F)ccc1[C@H]1C[C@@H](S(C)(=O)=O)CCN1C(=O)N(C)Cc1cc(C(F)(F)F)cc(C(F)(F)F)c1. The highest BCUT2D eigenvalue weighted by atomic mass is 32.2. The highest BCUT2D eigenvalue weighted by Gasteiger charge is 2.39. The van der Waals surface area contributed by atoms with Crippen LogP contribution < -0.4 is 0 Å². The number of alkyl halides is 6. The van der Waals surface area contributed by atoms with Gasteiger partial charge >= 0.3 is 18.4 Å². The molecule has 0 N–H and O–H groups in total. The number of piperidine rings is 1. The minimum Gasteiger partial charge on any atom is -0.323 e. The zero-order valence-electron chi connectivity index (χ0n) is 20.1. The molecule has 204 valence electrons. The van der Waals surface area contributed by atoms with Crippen LogP contribution in [0.1, 0.15) is 46.7 Å². The van der Waals surface area contributed by atoms with E-state index in [1.165, 1.54) is 30.1 Å². The Morgan fingerprint density at radius 2 is 1.59 bits per heavy atom. The third kappa shape index (κ3) is 6.74. The fraction of sp³-hybridized carbons (Fsp3) is 0.458. The number of amides is 2. The summed E-state index contributed by atoms with van der Waals surface area (Å²) in [6.07, 6.45) is -8.89. The van der Waals surface area contributed by atoms with Gasteiger partial charge in [-0.1, -0.05) is 6.07 Å². The average molecular weight is 555 g/mol. The Bertz CT molecular complexity index is 1240. The van der Waals surface area contributed by atoms with Crippen molar-refractivity contribution in [2.45, 2.75) is 50.0 Å². The molecular weight excluding hydrogens is 529 g/mol. The topological polar surface area (TPSA) is 57.7 Å². The Labute approximate surface area is 209 Å². The van der Waals surface area contributed by atoms with Crippen LogP contribution in [0.2, 0.25) is 0 Å². The molecule has 1 saturated heterocycles. The third-order valence-corrected chi connectivity index (χ3v) is 8.03. The number of benzene rings is 2. The van der Waals surface area contributed by atoms with E-state index in [1.54, 1.807) is 6.92 Å². The van der Waals surface area contributed by atoms with Gasteiger partial charge < -0.3 is 9.80 Å². The summed E-state index contributed by atoms with van der Waals surface area (Å²) >= 11 is 0. The lowest BCUT2D eigenvalue weighted by molar-refractivity contribution is -0.143. The molecule has 13 heteroatoms. The highest BCUT2D eigenvalue weighted by Crippen LogP contribution is 2.38. The van der Waals surface area contributed by atoms with Crippen LogP contribution >= 0.6 is 0 Å². The molecule has 0 aromatic heterocycles. The molecule has 37 heavy (non-hydrogen) atoms.